The Balaban J connectivity index is 1.92. The van der Waals surface area contributed by atoms with Gasteiger partial charge in [-0.1, -0.05) is 0 Å². The Hall–Kier alpha value is -3.02. The molecule has 6 heteroatoms. The van der Waals surface area contributed by atoms with E-state index in [0.717, 1.165) is 11.3 Å². The zero-order chi connectivity index (χ0) is 15.1. The van der Waals surface area contributed by atoms with E-state index in [1.54, 1.807) is 24.0 Å². The molecule has 0 saturated heterocycles. The second-order valence-electron chi connectivity index (χ2n) is 4.84. The molecule has 0 fully saturated rings. The molecule has 2 aromatic heterocycles. The van der Waals surface area contributed by atoms with Crippen LogP contribution >= 0.6 is 0 Å². The van der Waals surface area contributed by atoms with Gasteiger partial charge in [0.15, 0.2) is 11.5 Å². The molecule has 4 rings (SSSR count). The first-order chi connectivity index (χ1) is 10.7. The van der Waals surface area contributed by atoms with Crippen molar-refractivity contribution in [2.75, 3.05) is 7.11 Å². The first-order valence-corrected chi connectivity index (χ1v) is 6.70. The molecule has 0 amide bonds. The summed E-state index contributed by atoms with van der Waals surface area (Å²) < 4.78 is 20.2. The van der Waals surface area contributed by atoms with Gasteiger partial charge < -0.3 is 4.74 Å². The van der Waals surface area contributed by atoms with Crippen molar-refractivity contribution in [1.29, 1.82) is 0 Å². The summed E-state index contributed by atoms with van der Waals surface area (Å²) in [5.74, 6) is 0.999. The van der Waals surface area contributed by atoms with Crippen LogP contribution in [0.15, 0.2) is 48.8 Å². The van der Waals surface area contributed by atoms with Gasteiger partial charge in [-0.15, -0.1) is 5.10 Å². The predicted octanol–water partition coefficient (Wildman–Crippen LogP) is 3.09. The van der Waals surface area contributed by atoms with Crippen molar-refractivity contribution < 1.29 is 9.13 Å². The second-order valence-corrected chi connectivity index (χ2v) is 4.84. The number of methoxy groups -OCH3 is 1. The fourth-order valence-electron chi connectivity index (χ4n) is 2.37. The van der Waals surface area contributed by atoms with Gasteiger partial charge in [0.25, 0.3) is 0 Å². The number of hydrogen-bond donors (Lipinski definition) is 0. The van der Waals surface area contributed by atoms with Crippen LogP contribution in [0.4, 0.5) is 4.39 Å². The minimum absolute atomic E-state index is 0.323. The molecule has 0 atom stereocenters. The Morgan fingerprint density at radius 3 is 2.68 bits per heavy atom. The number of rotatable bonds is 2. The number of benzene rings is 2. The van der Waals surface area contributed by atoms with Crippen LogP contribution in [0.3, 0.4) is 0 Å². The molecule has 22 heavy (non-hydrogen) atoms. The number of aromatic nitrogens is 4. The Kier molecular flexibility index (Phi) is 2.75. The average molecular weight is 294 g/mol. The van der Waals surface area contributed by atoms with Crippen LogP contribution in [-0.4, -0.2) is 26.7 Å². The zero-order valence-electron chi connectivity index (χ0n) is 11.7. The molecule has 5 nitrogen and oxygen atoms in total. The van der Waals surface area contributed by atoms with Crippen LogP contribution in [0, 0.1) is 5.82 Å². The summed E-state index contributed by atoms with van der Waals surface area (Å²) in [7, 11) is 1.62. The summed E-state index contributed by atoms with van der Waals surface area (Å²) in [5.41, 5.74) is 2.12. The third-order valence-corrected chi connectivity index (χ3v) is 3.49. The smallest absolute Gasteiger partial charge is 0.182 e. The standard InChI is InChI=1S/C16H11FN4O/c1-22-12-5-2-10(3-6-12)15-19-16-13-8-11(17)4-7-14(13)18-9-21(16)20-15/h2-9H,1H3. The molecule has 2 heterocycles. The maximum atomic E-state index is 13.5. The van der Waals surface area contributed by atoms with Gasteiger partial charge in [-0.05, 0) is 42.5 Å². The van der Waals surface area contributed by atoms with Crippen LogP contribution in [-0.2, 0) is 0 Å². The van der Waals surface area contributed by atoms with Crippen molar-refractivity contribution in [3.05, 3.63) is 54.6 Å². The van der Waals surface area contributed by atoms with E-state index >= 15 is 0 Å². The van der Waals surface area contributed by atoms with Crippen molar-refractivity contribution in [1.82, 2.24) is 19.6 Å². The van der Waals surface area contributed by atoms with E-state index in [0.29, 0.717) is 22.4 Å². The van der Waals surface area contributed by atoms with Crippen LogP contribution < -0.4 is 4.74 Å². The van der Waals surface area contributed by atoms with Gasteiger partial charge in [-0.25, -0.2) is 18.9 Å². The first kappa shape index (κ1) is 12.7. The summed E-state index contributed by atoms with van der Waals surface area (Å²) in [6.07, 6.45) is 1.58. The lowest BCUT2D eigenvalue weighted by atomic mass is 10.2. The van der Waals surface area contributed by atoms with E-state index in [-0.39, 0.29) is 5.82 Å². The summed E-state index contributed by atoms with van der Waals surface area (Å²) in [6, 6.07) is 11.9. The molecule has 0 unspecified atom stereocenters. The third-order valence-electron chi connectivity index (χ3n) is 3.49. The van der Waals surface area contributed by atoms with E-state index in [9.17, 15) is 4.39 Å². The Morgan fingerprint density at radius 2 is 1.91 bits per heavy atom. The fourth-order valence-corrected chi connectivity index (χ4v) is 2.37. The molecule has 0 aliphatic heterocycles. The molecule has 0 N–H and O–H groups in total. The molecule has 0 spiro atoms. The number of ether oxygens (including phenoxy) is 1. The van der Waals surface area contributed by atoms with Crippen molar-refractivity contribution in [3.63, 3.8) is 0 Å². The van der Waals surface area contributed by atoms with E-state index in [1.165, 1.54) is 12.1 Å². The van der Waals surface area contributed by atoms with Gasteiger partial charge in [0.1, 0.15) is 17.9 Å². The van der Waals surface area contributed by atoms with Gasteiger partial charge >= 0.3 is 0 Å². The van der Waals surface area contributed by atoms with E-state index in [2.05, 4.69) is 15.1 Å². The Bertz CT molecular complexity index is 979. The molecule has 108 valence electrons. The lowest BCUT2D eigenvalue weighted by molar-refractivity contribution is 0.415. The van der Waals surface area contributed by atoms with Crippen LogP contribution in [0.25, 0.3) is 27.9 Å². The van der Waals surface area contributed by atoms with E-state index < -0.39 is 0 Å². The van der Waals surface area contributed by atoms with Gasteiger partial charge in [0.2, 0.25) is 0 Å². The summed E-state index contributed by atoms with van der Waals surface area (Å²) in [5, 5.41) is 5.03. The van der Waals surface area contributed by atoms with Crippen molar-refractivity contribution in [2.24, 2.45) is 0 Å². The predicted molar refractivity (Wildman–Crippen MR) is 80.2 cm³/mol. The molecule has 0 radical (unpaired) electrons. The molecule has 0 bridgehead atoms. The van der Waals surface area contributed by atoms with Crippen molar-refractivity contribution >= 4 is 16.6 Å². The number of nitrogens with zero attached hydrogens (tertiary/aromatic N) is 4. The topological polar surface area (TPSA) is 52.3 Å². The first-order valence-electron chi connectivity index (χ1n) is 6.70. The highest BCUT2D eigenvalue weighted by atomic mass is 19.1. The number of halogens is 1. The van der Waals surface area contributed by atoms with Crippen molar-refractivity contribution in [3.8, 4) is 17.1 Å². The van der Waals surface area contributed by atoms with Gasteiger partial charge in [-0.2, -0.15) is 0 Å². The molecule has 0 aliphatic carbocycles. The molecule has 0 aliphatic rings. The van der Waals surface area contributed by atoms with Crippen LogP contribution in [0.1, 0.15) is 0 Å². The number of fused-ring (bicyclic) bond motifs is 3. The van der Waals surface area contributed by atoms with Crippen LogP contribution in [0.2, 0.25) is 0 Å². The van der Waals surface area contributed by atoms with E-state index in [1.807, 2.05) is 24.3 Å². The Labute approximate surface area is 125 Å². The molecular formula is C16H11FN4O. The molecule has 4 aromatic rings. The Morgan fingerprint density at radius 1 is 1.09 bits per heavy atom. The lowest BCUT2D eigenvalue weighted by Gasteiger charge is -1.99. The van der Waals surface area contributed by atoms with Gasteiger partial charge in [0, 0.05) is 10.9 Å². The van der Waals surface area contributed by atoms with Gasteiger partial charge in [0.05, 0.1) is 12.6 Å². The van der Waals surface area contributed by atoms with E-state index in [4.69, 9.17) is 4.74 Å². The molecule has 0 saturated carbocycles. The maximum Gasteiger partial charge on any atom is 0.182 e. The monoisotopic (exact) mass is 294 g/mol. The highest BCUT2D eigenvalue weighted by Gasteiger charge is 2.10. The largest absolute Gasteiger partial charge is 0.497 e. The average Bonchev–Trinajstić information content (AvgIpc) is 2.99. The zero-order valence-corrected chi connectivity index (χ0v) is 11.7. The normalized spacial score (nSPS) is 11.2. The molecular weight excluding hydrogens is 283 g/mol. The number of hydrogen-bond acceptors (Lipinski definition) is 4. The minimum atomic E-state index is -0.323. The summed E-state index contributed by atoms with van der Waals surface area (Å²) in [6.45, 7) is 0. The maximum absolute atomic E-state index is 13.5. The molecule has 2 aromatic carbocycles. The van der Waals surface area contributed by atoms with Crippen LogP contribution in [0.5, 0.6) is 5.75 Å². The lowest BCUT2D eigenvalue weighted by Crippen LogP contribution is -1.91. The minimum Gasteiger partial charge on any atom is -0.497 e. The highest BCUT2D eigenvalue weighted by Crippen LogP contribution is 2.23. The second kappa shape index (κ2) is 4.77. The van der Waals surface area contributed by atoms with Gasteiger partial charge in [-0.3, -0.25) is 0 Å². The summed E-state index contributed by atoms with van der Waals surface area (Å²) in [4.78, 5) is 8.77. The fraction of sp³-hybridized carbons (Fsp3) is 0.0625. The van der Waals surface area contributed by atoms with Crippen molar-refractivity contribution in [2.45, 2.75) is 0 Å². The SMILES string of the molecule is COc1ccc(-c2nc3c4cc(F)ccc4ncn3n2)cc1. The third kappa shape index (κ3) is 1.96. The quantitative estimate of drug-likeness (QED) is 0.570. The summed E-state index contributed by atoms with van der Waals surface area (Å²) >= 11 is 0. The highest BCUT2D eigenvalue weighted by molar-refractivity contribution is 5.91.